The smallest absolute Gasteiger partial charge is 0.236 e. The first kappa shape index (κ1) is 17.8. The molecular formula is C11H23N3O4S. The van der Waals surface area contributed by atoms with E-state index in [-0.39, 0.29) is 37.1 Å². The topological polar surface area (TPSA) is 118 Å². The minimum atomic E-state index is -3.12. The van der Waals surface area contributed by atoms with Gasteiger partial charge >= 0.3 is 0 Å². The predicted molar refractivity (Wildman–Crippen MR) is 73.2 cm³/mol. The van der Waals surface area contributed by atoms with Crippen LogP contribution in [0.1, 0.15) is 26.7 Å². The van der Waals surface area contributed by atoms with Crippen LogP contribution in [0.15, 0.2) is 0 Å². The SMILES string of the molecule is CC(C)NC(=O)CCNC(=O)C(N)CCS(C)(=O)=O. The Morgan fingerprint density at radius 2 is 1.84 bits per heavy atom. The van der Waals surface area contributed by atoms with E-state index in [1.165, 1.54) is 0 Å². The van der Waals surface area contributed by atoms with E-state index in [4.69, 9.17) is 5.73 Å². The molecule has 0 aromatic heterocycles. The lowest BCUT2D eigenvalue weighted by Gasteiger charge is -2.12. The van der Waals surface area contributed by atoms with Gasteiger partial charge in [0, 0.05) is 25.3 Å². The highest BCUT2D eigenvalue weighted by Crippen LogP contribution is 1.94. The summed E-state index contributed by atoms with van der Waals surface area (Å²) in [6.45, 7) is 3.87. The van der Waals surface area contributed by atoms with E-state index in [0.29, 0.717) is 0 Å². The largest absolute Gasteiger partial charge is 0.354 e. The van der Waals surface area contributed by atoms with Gasteiger partial charge in [0.2, 0.25) is 11.8 Å². The van der Waals surface area contributed by atoms with Crippen LogP contribution in [-0.4, -0.2) is 50.9 Å². The summed E-state index contributed by atoms with van der Waals surface area (Å²) in [6, 6.07) is -0.817. The zero-order valence-electron chi connectivity index (χ0n) is 11.6. The van der Waals surface area contributed by atoms with Gasteiger partial charge in [-0.25, -0.2) is 8.42 Å². The van der Waals surface area contributed by atoms with Crippen LogP contribution >= 0.6 is 0 Å². The first-order valence-corrected chi connectivity index (χ1v) is 8.18. The number of amides is 2. The fourth-order valence-corrected chi connectivity index (χ4v) is 1.98. The van der Waals surface area contributed by atoms with E-state index in [9.17, 15) is 18.0 Å². The second kappa shape index (κ2) is 8.11. The average molecular weight is 293 g/mol. The van der Waals surface area contributed by atoms with Gasteiger partial charge in [0.1, 0.15) is 9.84 Å². The van der Waals surface area contributed by atoms with Crippen molar-refractivity contribution in [3.8, 4) is 0 Å². The number of hydrogen-bond donors (Lipinski definition) is 3. The van der Waals surface area contributed by atoms with E-state index in [1.54, 1.807) is 0 Å². The zero-order valence-corrected chi connectivity index (χ0v) is 12.4. The van der Waals surface area contributed by atoms with Crippen molar-refractivity contribution in [2.75, 3.05) is 18.6 Å². The van der Waals surface area contributed by atoms with Gasteiger partial charge in [-0.2, -0.15) is 0 Å². The van der Waals surface area contributed by atoms with E-state index in [0.717, 1.165) is 6.26 Å². The highest BCUT2D eigenvalue weighted by atomic mass is 32.2. The molecule has 0 aromatic carbocycles. The quantitative estimate of drug-likeness (QED) is 0.518. The lowest BCUT2D eigenvalue weighted by atomic mass is 10.2. The number of nitrogens with one attached hydrogen (secondary N) is 2. The Bertz CT molecular complexity index is 406. The van der Waals surface area contributed by atoms with Gasteiger partial charge in [0.15, 0.2) is 0 Å². The van der Waals surface area contributed by atoms with Crippen molar-refractivity contribution in [1.82, 2.24) is 10.6 Å². The molecule has 0 aliphatic heterocycles. The Morgan fingerprint density at radius 1 is 1.26 bits per heavy atom. The number of carbonyl (C=O) groups is 2. The highest BCUT2D eigenvalue weighted by molar-refractivity contribution is 7.90. The second-order valence-electron chi connectivity index (χ2n) is 4.79. The lowest BCUT2D eigenvalue weighted by molar-refractivity contribution is -0.123. The van der Waals surface area contributed by atoms with Gasteiger partial charge in [-0.15, -0.1) is 0 Å². The monoisotopic (exact) mass is 293 g/mol. The van der Waals surface area contributed by atoms with Gasteiger partial charge in [-0.3, -0.25) is 9.59 Å². The van der Waals surface area contributed by atoms with Crippen molar-refractivity contribution in [2.45, 2.75) is 38.8 Å². The number of carbonyl (C=O) groups excluding carboxylic acids is 2. The van der Waals surface area contributed by atoms with Crippen LogP contribution in [-0.2, 0) is 19.4 Å². The third kappa shape index (κ3) is 10.5. The second-order valence-corrected chi connectivity index (χ2v) is 7.05. The van der Waals surface area contributed by atoms with Crippen molar-refractivity contribution in [1.29, 1.82) is 0 Å². The summed E-state index contributed by atoms with van der Waals surface area (Å²) in [5.74, 6) is -0.726. The van der Waals surface area contributed by atoms with Crippen LogP contribution in [0.3, 0.4) is 0 Å². The number of hydrogen-bond acceptors (Lipinski definition) is 5. The molecule has 0 spiro atoms. The minimum Gasteiger partial charge on any atom is -0.354 e. The van der Waals surface area contributed by atoms with Gasteiger partial charge in [0.25, 0.3) is 0 Å². The fraction of sp³-hybridized carbons (Fsp3) is 0.818. The maximum atomic E-state index is 11.5. The molecule has 7 nitrogen and oxygen atoms in total. The van der Waals surface area contributed by atoms with Crippen LogP contribution in [0.4, 0.5) is 0 Å². The van der Waals surface area contributed by atoms with E-state index in [1.807, 2.05) is 13.8 Å². The molecule has 0 radical (unpaired) electrons. The zero-order chi connectivity index (χ0) is 15.1. The Hall–Kier alpha value is -1.15. The van der Waals surface area contributed by atoms with Crippen LogP contribution in [0.2, 0.25) is 0 Å². The van der Waals surface area contributed by atoms with E-state index in [2.05, 4.69) is 10.6 Å². The summed E-state index contributed by atoms with van der Waals surface area (Å²) < 4.78 is 21.8. The van der Waals surface area contributed by atoms with Crippen molar-refractivity contribution >= 4 is 21.7 Å². The molecular weight excluding hydrogens is 270 g/mol. The molecule has 0 rings (SSSR count). The van der Waals surface area contributed by atoms with Crippen molar-refractivity contribution in [3.63, 3.8) is 0 Å². The Labute approximate surface area is 114 Å². The van der Waals surface area contributed by atoms with Gasteiger partial charge in [-0.05, 0) is 20.3 Å². The van der Waals surface area contributed by atoms with E-state index < -0.39 is 21.8 Å². The molecule has 0 aromatic rings. The van der Waals surface area contributed by atoms with Crippen LogP contribution in [0.25, 0.3) is 0 Å². The highest BCUT2D eigenvalue weighted by Gasteiger charge is 2.15. The molecule has 1 atom stereocenters. The van der Waals surface area contributed by atoms with Gasteiger partial charge in [-0.1, -0.05) is 0 Å². The molecule has 0 aliphatic carbocycles. The maximum absolute atomic E-state index is 11.5. The molecule has 2 amide bonds. The molecule has 112 valence electrons. The van der Waals surface area contributed by atoms with Crippen LogP contribution in [0.5, 0.6) is 0 Å². The molecule has 19 heavy (non-hydrogen) atoms. The number of rotatable bonds is 8. The normalized spacial score (nSPS) is 13.1. The summed E-state index contributed by atoms with van der Waals surface area (Å²) in [5, 5.41) is 5.19. The standard InChI is InChI=1S/C11H23N3O4S/c1-8(2)14-10(15)4-6-13-11(16)9(12)5-7-19(3,17)18/h8-9H,4-7,12H2,1-3H3,(H,13,16)(H,14,15). The molecule has 0 bridgehead atoms. The summed E-state index contributed by atoms with van der Waals surface area (Å²) in [6.07, 6.45) is 1.33. The third-order valence-electron chi connectivity index (χ3n) is 2.24. The maximum Gasteiger partial charge on any atom is 0.236 e. The molecule has 0 heterocycles. The van der Waals surface area contributed by atoms with Crippen LogP contribution < -0.4 is 16.4 Å². The summed E-state index contributed by atoms with van der Waals surface area (Å²) in [5.41, 5.74) is 5.54. The van der Waals surface area contributed by atoms with Crippen molar-refractivity contribution in [2.24, 2.45) is 5.73 Å². The van der Waals surface area contributed by atoms with Crippen molar-refractivity contribution in [3.05, 3.63) is 0 Å². The van der Waals surface area contributed by atoms with Gasteiger partial charge < -0.3 is 16.4 Å². The summed E-state index contributed by atoms with van der Waals surface area (Å²) in [4.78, 5) is 22.8. The van der Waals surface area contributed by atoms with Crippen LogP contribution in [0, 0.1) is 0 Å². The molecule has 0 saturated carbocycles. The molecule has 1 unspecified atom stereocenters. The molecule has 4 N–H and O–H groups in total. The molecule has 8 heteroatoms. The summed E-state index contributed by atoms with van der Waals surface area (Å²) in [7, 11) is -3.12. The predicted octanol–water partition coefficient (Wildman–Crippen LogP) is -1.22. The average Bonchev–Trinajstić information content (AvgIpc) is 2.23. The van der Waals surface area contributed by atoms with E-state index >= 15 is 0 Å². The Morgan fingerprint density at radius 3 is 2.32 bits per heavy atom. The number of sulfone groups is 1. The third-order valence-corrected chi connectivity index (χ3v) is 3.21. The Balaban J connectivity index is 3.88. The first-order chi connectivity index (χ1) is 8.61. The molecule has 0 aliphatic rings. The number of nitrogens with two attached hydrogens (primary N) is 1. The van der Waals surface area contributed by atoms with Crippen molar-refractivity contribution < 1.29 is 18.0 Å². The lowest BCUT2D eigenvalue weighted by Crippen LogP contribution is -2.43. The van der Waals surface area contributed by atoms with Gasteiger partial charge in [0.05, 0.1) is 11.8 Å². The fourth-order valence-electron chi connectivity index (χ4n) is 1.30. The Kier molecular flexibility index (Phi) is 7.62. The minimum absolute atomic E-state index is 0.0558. The molecule has 0 fully saturated rings. The first-order valence-electron chi connectivity index (χ1n) is 6.12. The molecule has 0 saturated heterocycles. The summed E-state index contributed by atoms with van der Waals surface area (Å²) >= 11 is 0.